The van der Waals surface area contributed by atoms with Crippen LogP contribution in [0.5, 0.6) is 0 Å². The Morgan fingerprint density at radius 1 is 0.808 bits per heavy atom. The third-order valence-electron chi connectivity index (χ3n) is 11.9. The molecule has 0 aromatic rings. The zero-order valence-corrected chi connectivity index (χ0v) is 32.4. The van der Waals surface area contributed by atoms with Gasteiger partial charge in [0.1, 0.15) is 0 Å². The van der Waals surface area contributed by atoms with Crippen LogP contribution in [0.3, 0.4) is 0 Å². The van der Waals surface area contributed by atoms with Crippen LogP contribution in [0, 0.1) is 47.3 Å². The number of carbonyl (C=O) groups is 2. The van der Waals surface area contributed by atoms with Crippen molar-refractivity contribution in [3.63, 3.8) is 0 Å². The third-order valence-corrected chi connectivity index (χ3v) is 11.9. The predicted octanol–water partition coefficient (Wildman–Crippen LogP) is 6.12. The quantitative estimate of drug-likeness (QED) is 0.148. The van der Waals surface area contributed by atoms with Gasteiger partial charge < -0.3 is 39.7 Å². The molecular formula is C42H66O10. The summed E-state index contributed by atoms with van der Waals surface area (Å²) < 4.78 is 16.9. The lowest BCUT2D eigenvalue weighted by Crippen LogP contribution is -2.46. The Balaban J connectivity index is 0.000000236. The number of esters is 1. The maximum Gasteiger partial charge on any atom is 0.308 e. The van der Waals surface area contributed by atoms with E-state index >= 15 is 0 Å². The molecule has 0 aromatic heterocycles. The minimum absolute atomic E-state index is 0.0450. The minimum atomic E-state index is -1.06. The van der Waals surface area contributed by atoms with Crippen LogP contribution in [0.1, 0.15) is 106 Å². The number of aliphatic hydroxyl groups excluding tert-OH is 4. The van der Waals surface area contributed by atoms with Gasteiger partial charge in [0.25, 0.3) is 0 Å². The first-order valence-electron chi connectivity index (χ1n) is 19.6. The van der Waals surface area contributed by atoms with Gasteiger partial charge in [0.2, 0.25) is 0 Å². The highest BCUT2D eigenvalue weighted by Gasteiger charge is 2.42. The van der Waals surface area contributed by atoms with E-state index in [0.717, 1.165) is 32.1 Å². The van der Waals surface area contributed by atoms with Gasteiger partial charge in [-0.3, -0.25) is 9.59 Å². The number of carboxylic acid groups (broad SMARTS) is 1. The van der Waals surface area contributed by atoms with Crippen molar-refractivity contribution in [3.8, 4) is 0 Å². The predicted molar refractivity (Wildman–Crippen MR) is 199 cm³/mol. The van der Waals surface area contributed by atoms with Crippen LogP contribution in [0.4, 0.5) is 0 Å². The molecule has 1 saturated heterocycles. The summed E-state index contributed by atoms with van der Waals surface area (Å²) in [6.45, 7) is 12.5. The van der Waals surface area contributed by atoms with Crippen LogP contribution >= 0.6 is 0 Å². The van der Waals surface area contributed by atoms with Gasteiger partial charge in [0.15, 0.2) is 5.79 Å². The second-order valence-electron chi connectivity index (χ2n) is 16.9. The number of aliphatic carboxylic acids is 1. The largest absolute Gasteiger partial charge is 0.481 e. The molecule has 1 fully saturated rings. The van der Waals surface area contributed by atoms with Crippen molar-refractivity contribution in [1.29, 1.82) is 0 Å². The maximum atomic E-state index is 11.7. The first kappa shape index (κ1) is 42.4. The number of carboxylic acids is 1. The molecule has 14 atom stereocenters. The molecule has 10 nitrogen and oxygen atoms in total. The van der Waals surface area contributed by atoms with E-state index in [9.17, 15) is 30.0 Å². The molecule has 1 heterocycles. The van der Waals surface area contributed by atoms with E-state index in [1.54, 1.807) is 0 Å². The van der Waals surface area contributed by atoms with Gasteiger partial charge in [-0.05, 0) is 105 Å². The van der Waals surface area contributed by atoms with Crippen molar-refractivity contribution in [2.75, 3.05) is 7.11 Å². The van der Waals surface area contributed by atoms with E-state index in [2.05, 4.69) is 64.2 Å². The number of methoxy groups -OCH3 is 1. The van der Waals surface area contributed by atoms with Crippen LogP contribution < -0.4 is 0 Å². The van der Waals surface area contributed by atoms with E-state index in [1.807, 2.05) is 13.8 Å². The van der Waals surface area contributed by atoms with Gasteiger partial charge >= 0.3 is 11.9 Å². The molecule has 0 saturated carbocycles. The Morgan fingerprint density at radius 3 is 1.85 bits per heavy atom. The molecule has 294 valence electrons. The molecule has 52 heavy (non-hydrogen) atoms. The standard InChI is InChI=1S/C23H36O5.C19H30O5/c1-14-10-16-7-6-15(2)19(22(16)20(24)11-14)9-8-17-12-18(13-21(25)26-5)28-23(3,4)27-17;1-11-7-13-4-3-12(2)16(19(13)17(22)8-11)6-5-14(20)9-15(21)10-18(23)24/h6-7,10,14-15,17-20,22,24H,8-9,11-13H2,1-5H3;3-4,7,11-12,14-17,19-22H,5-6,8-10H2,1-2H3,(H,23,24)/t14-,15-,17+,18+,19-,20-,22?;11-,12-,14+,15+,16-,17-,19?/m00/s1. The Kier molecular flexibility index (Phi) is 15.3. The number of carbonyl (C=O) groups excluding carboxylic acids is 1. The summed E-state index contributed by atoms with van der Waals surface area (Å²) in [7, 11) is 1.41. The smallest absolute Gasteiger partial charge is 0.308 e. The molecule has 5 N–H and O–H groups in total. The number of fused-ring (bicyclic) bond motifs is 2. The van der Waals surface area contributed by atoms with E-state index in [0.29, 0.717) is 42.4 Å². The summed E-state index contributed by atoms with van der Waals surface area (Å²) in [5, 5.41) is 49.7. The van der Waals surface area contributed by atoms with Gasteiger partial charge in [-0.15, -0.1) is 0 Å². The van der Waals surface area contributed by atoms with Crippen LogP contribution in [0.15, 0.2) is 47.6 Å². The molecule has 0 spiro atoms. The summed E-state index contributed by atoms with van der Waals surface area (Å²) in [6, 6.07) is 0. The summed E-state index contributed by atoms with van der Waals surface area (Å²) in [6.07, 6.45) is 16.3. The molecule has 5 rings (SSSR count). The molecule has 0 amide bonds. The first-order chi connectivity index (χ1) is 24.5. The minimum Gasteiger partial charge on any atom is -0.481 e. The second-order valence-corrected chi connectivity index (χ2v) is 16.9. The summed E-state index contributed by atoms with van der Waals surface area (Å²) in [4.78, 5) is 22.3. The van der Waals surface area contributed by atoms with Gasteiger partial charge in [-0.2, -0.15) is 0 Å². The van der Waals surface area contributed by atoms with E-state index in [4.69, 9.17) is 19.3 Å². The van der Waals surface area contributed by atoms with E-state index in [-0.39, 0.29) is 67.4 Å². The molecule has 0 radical (unpaired) electrons. The van der Waals surface area contributed by atoms with Crippen molar-refractivity contribution in [1.82, 2.24) is 0 Å². The average molecular weight is 731 g/mol. The number of ether oxygens (including phenoxy) is 3. The molecule has 0 bridgehead atoms. The Morgan fingerprint density at radius 2 is 1.33 bits per heavy atom. The highest BCUT2D eigenvalue weighted by atomic mass is 16.7. The number of allylic oxidation sites excluding steroid dienone is 6. The lowest BCUT2D eigenvalue weighted by Gasteiger charge is -2.44. The molecule has 1 aliphatic heterocycles. The van der Waals surface area contributed by atoms with Crippen molar-refractivity contribution in [2.24, 2.45) is 47.3 Å². The number of rotatable bonds is 12. The molecule has 4 aliphatic carbocycles. The van der Waals surface area contributed by atoms with E-state index in [1.165, 1.54) is 18.3 Å². The first-order valence-corrected chi connectivity index (χ1v) is 19.6. The Bertz CT molecular complexity index is 1320. The third kappa shape index (κ3) is 11.8. The fourth-order valence-corrected chi connectivity index (χ4v) is 9.53. The molecular weight excluding hydrogens is 664 g/mol. The summed E-state index contributed by atoms with van der Waals surface area (Å²) >= 11 is 0. The fraction of sp³-hybridized carbons (Fsp3) is 0.762. The maximum absolute atomic E-state index is 11.7. The lowest BCUT2D eigenvalue weighted by atomic mass is 9.65. The summed E-state index contributed by atoms with van der Waals surface area (Å²) in [5.41, 5.74) is 2.50. The molecule has 5 aliphatic rings. The normalized spacial score (nSPS) is 37.6. The van der Waals surface area contributed by atoms with Crippen LogP contribution in [0.2, 0.25) is 0 Å². The highest BCUT2D eigenvalue weighted by molar-refractivity contribution is 5.69. The average Bonchev–Trinajstić information content (AvgIpc) is 3.03. The fourth-order valence-electron chi connectivity index (χ4n) is 9.53. The van der Waals surface area contributed by atoms with Crippen molar-refractivity contribution in [2.45, 2.75) is 148 Å². The lowest BCUT2D eigenvalue weighted by molar-refractivity contribution is -0.301. The Labute approximate surface area is 311 Å². The zero-order valence-electron chi connectivity index (χ0n) is 32.4. The van der Waals surface area contributed by atoms with Gasteiger partial charge in [-0.1, -0.05) is 64.2 Å². The number of hydrogen-bond acceptors (Lipinski definition) is 9. The van der Waals surface area contributed by atoms with Crippen molar-refractivity contribution in [3.05, 3.63) is 47.6 Å². The highest BCUT2D eigenvalue weighted by Crippen LogP contribution is 2.45. The summed E-state index contributed by atoms with van der Waals surface area (Å²) in [5.74, 6) is 0.548. The van der Waals surface area contributed by atoms with Gasteiger partial charge in [0.05, 0.1) is 56.6 Å². The topological polar surface area (TPSA) is 163 Å². The van der Waals surface area contributed by atoms with Crippen LogP contribution in [0.25, 0.3) is 0 Å². The SMILES string of the molecule is COC(=O)C[C@H]1C[C@@H](CC[C@@H]2C3C(=C[C@H](C)C[C@@H]3O)C=C[C@@H]2C)OC(C)(C)O1.C[C@H]1C=C2C=C[C@H](C)[C@H](CC[C@@H](O)C[C@@H](O)CC(=O)O)C2[C@@H](O)C1. The monoisotopic (exact) mass is 730 g/mol. The van der Waals surface area contributed by atoms with Gasteiger partial charge in [-0.25, -0.2) is 0 Å². The number of hydrogen-bond donors (Lipinski definition) is 5. The second kappa shape index (κ2) is 18.8. The molecule has 2 unspecified atom stereocenters. The zero-order chi connectivity index (χ0) is 38.3. The van der Waals surface area contributed by atoms with Gasteiger partial charge in [0, 0.05) is 18.3 Å². The number of aliphatic hydroxyl groups is 4. The van der Waals surface area contributed by atoms with Crippen molar-refractivity contribution >= 4 is 11.9 Å². The molecule has 0 aromatic carbocycles. The molecule has 10 heteroatoms. The van der Waals surface area contributed by atoms with Crippen molar-refractivity contribution < 1.29 is 49.3 Å². The van der Waals surface area contributed by atoms with Crippen LogP contribution in [-0.2, 0) is 23.8 Å². The van der Waals surface area contributed by atoms with Crippen LogP contribution in [-0.4, -0.2) is 87.0 Å². The van der Waals surface area contributed by atoms with E-state index < -0.39 is 24.0 Å². The Hall–Kier alpha value is -2.34.